The van der Waals surface area contributed by atoms with E-state index in [9.17, 15) is 14.9 Å². The van der Waals surface area contributed by atoms with Gasteiger partial charge in [0.1, 0.15) is 6.10 Å². The monoisotopic (exact) mass is 339 g/mol. The van der Waals surface area contributed by atoms with Crippen LogP contribution in [0.2, 0.25) is 5.02 Å². The first-order chi connectivity index (χ1) is 10.8. The number of nitrogens with zero attached hydrogens (tertiary/aromatic N) is 1. The molecule has 126 valence electrons. The Labute approximate surface area is 141 Å². The van der Waals surface area contributed by atoms with Crippen molar-refractivity contribution in [3.8, 4) is 0 Å². The van der Waals surface area contributed by atoms with Gasteiger partial charge in [-0.05, 0) is 36.7 Å². The minimum Gasteiger partial charge on any atom is -0.458 e. The molecule has 0 amide bonds. The molecule has 0 saturated heterocycles. The van der Waals surface area contributed by atoms with Crippen LogP contribution < -0.4 is 0 Å². The lowest BCUT2D eigenvalue weighted by atomic mass is 9.75. The van der Waals surface area contributed by atoms with Crippen LogP contribution in [0.5, 0.6) is 0 Å². The molecule has 0 unspecified atom stereocenters. The number of nitro benzene ring substituents is 1. The fraction of sp³-hybridized carbons (Fsp3) is 0.588. The Bertz CT molecular complexity index is 602. The lowest BCUT2D eigenvalue weighted by Crippen LogP contribution is -2.35. The number of hydrogen-bond donors (Lipinski definition) is 0. The van der Waals surface area contributed by atoms with Crippen molar-refractivity contribution >= 4 is 23.3 Å². The van der Waals surface area contributed by atoms with Crippen LogP contribution >= 0.6 is 11.6 Å². The van der Waals surface area contributed by atoms with Crippen molar-refractivity contribution in [2.24, 2.45) is 17.8 Å². The molecule has 5 nitrogen and oxygen atoms in total. The molecule has 23 heavy (non-hydrogen) atoms. The smallest absolute Gasteiger partial charge is 0.339 e. The summed E-state index contributed by atoms with van der Waals surface area (Å²) < 4.78 is 5.71. The van der Waals surface area contributed by atoms with Gasteiger partial charge in [-0.2, -0.15) is 0 Å². The molecule has 0 radical (unpaired) electrons. The van der Waals surface area contributed by atoms with E-state index in [2.05, 4.69) is 20.8 Å². The molecule has 1 aliphatic rings. The van der Waals surface area contributed by atoms with E-state index in [1.54, 1.807) is 0 Å². The van der Waals surface area contributed by atoms with Gasteiger partial charge in [0, 0.05) is 12.1 Å². The van der Waals surface area contributed by atoms with Crippen molar-refractivity contribution in [1.82, 2.24) is 0 Å². The molecule has 0 heterocycles. The molecule has 6 heteroatoms. The molecule has 2 rings (SSSR count). The van der Waals surface area contributed by atoms with Gasteiger partial charge in [-0.3, -0.25) is 10.1 Å². The first kappa shape index (κ1) is 17.7. The second-order valence-electron chi connectivity index (χ2n) is 6.69. The lowest BCUT2D eigenvalue weighted by molar-refractivity contribution is -0.384. The van der Waals surface area contributed by atoms with E-state index in [0.29, 0.717) is 17.8 Å². The van der Waals surface area contributed by atoms with E-state index in [1.807, 2.05) is 0 Å². The van der Waals surface area contributed by atoms with Crippen molar-refractivity contribution in [2.45, 2.75) is 46.1 Å². The molecule has 0 bridgehead atoms. The third kappa shape index (κ3) is 4.22. The van der Waals surface area contributed by atoms with Crippen LogP contribution in [0.1, 0.15) is 50.4 Å². The maximum Gasteiger partial charge on any atom is 0.339 e. The van der Waals surface area contributed by atoms with Crippen LogP contribution in [-0.2, 0) is 4.74 Å². The highest BCUT2D eigenvalue weighted by Gasteiger charge is 2.34. The molecule has 1 fully saturated rings. The summed E-state index contributed by atoms with van der Waals surface area (Å²) in [5.41, 5.74) is 0.0379. The first-order valence-corrected chi connectivity index (χ1v) is 8.32. The van der Waals surface area contributed by atoms with Gasteiger partial charge in [-0.15, -0.1) is 0 Å². The zero-order valence-corrected chi connectivity index (χ0v) is 14.4. The van der Waals surface area contributed by atoms with Gasteiger partial charge in [-0.1, -0.05) is 38.8 Å². The number of benzene rings is 1. The summed E-state index contributed by atoms with van der Waals surface area (Å²) in [7, 11) is 0. The quantitative estimate of drug-likeness (QED) is 0.446. The van der Waals surface area contributed by atoms with Gasteiger partial charge in [0.25, 0.3) is 5.69 Å². The Morgan fingerprint density at radius 2 is 2.09 bits per heavy atom. The molecule has 0 spiro atoms. The number of halogens is 1. The van der Waals surface area contributed by atoms with Crippen LogP contribution in [0.25, 0.3) is 0 Å². The Morgan fingerprint density at radius 1 is 1.39 bits per heavy atom. The Balaban J connectivity index is 2.15. The number of rotatable bonds is 4. The number of hydrogen-bond acceptors (Lipinski definition) is 4. The average molecular weight is 340 g/mol. The summed E-state index contributed by atoms with van der Waals surface area (Å²) in [5.74, 6) is 0.796. The fourth-order valence-corrected chi connectivity index (χ4v) is 3.49. The summed E-state index contributed by atoms with van der Waals surface area (Å²) in [6, 6.07) is 3.81. The molecule has 0 aromatic heterocycles. The molecule has 1 aromatic carbocycles. The number of nitro groups is 1. The zero-order valence-electron chi connectivity index (χ0n) is 13.6. The van der Waals surface area contributed by atoms with Gasteiger partial charge in [-0.25, -0.2) is 4.79 Å². The minimum absolute atomic E-state index is 0.0501. The molecule has 0 aliphatic heterocycles. The van der Waals surface area contributed by atoms with Crippen LogP contribution in [-0.4, -0.2) is 17.0 Å². The average Bonchev–Trinajstić information content (AvgIpc) is 2.46. The van der Waals surface area contributed by atoms with Crippen LogP contribution in [0.3, 0.4) is 0 Å². The van der Waals surface area contributed by atoms with Crippen molar-refractivity contribution in [3.63, 3.8) is 0 Å². The third-order valence-electron chi connectivity index (χ3n) is 4.60. The summed E-state index contributed by atoms with van der Waals surface area (Å²) in [6.45, 7) is 6.44. The number of carbonyl (C=O) groups is 1. The van der Waals surface area contributed by atoms with Gasteiger partial charge < -0.3 is 4.74 Å². The molecule has 3 atom stereocenters. The molecular formula is C17H22ClNO4. The predicted octanol–water partition coefficient (Wildman–Crippen LogP) is 4.87. The molecule has 0 N–H and O–H groups in total. The second-order valence-corrected chi connectivity index (χ2v) is 7.10. The van der Waals surface area contributed by atoms with Crippen LogP contribution in [0.15, 0.2) is 18.2 Å². The summed E-state index contributed by atoms with van der Waals surface area (Å²) in [6.07, 6.45) is 2.91. The van der Waals surface area contributed by atoms with E-state index < -0.39 is 10.9 Å². The number of non-ortho nitro benzene ring substituents is 1. The third-order valence-corrected chi connectivity index (χ3v) is 4.92. The topological polar surface area (TPSA) is 69.4 Å². The van der Waals surface area contributed by atoms with Gasteiger partial charge in [0.15, 0.2) is 0 Å². The molecule has 1 aliphatic carbocycles. The van der Waals surface area contributed by atoms with E-state index in [4.69, 9.17) is 16.3 Å². The number of ether oxygens (including phenoxy) is 1. The van der Waals surface area contributed by atoms with Gasteiger partial charge in [0.05, 0.1) is 15.5 Å². The molecule has 1 aromatic rings. The summed E-state index contributed by atoms with van der Waals surface area (Å²) in [5, 5.41) is 10.8. The highest BCUT2D eigenvalue weighted by molar-refractivity contribution is 6.33. The Kier molecular flexibility index (Phi) is 5.63. The second kappa shape index (κ2) is 7.30. The largest absolute Gasteiger partial charge is 0.458 e. The van der Waals surface area contributed by atoms with Crippen molar-refractivity contribution in [2.75, 3.05) is 0 Å². The molecular weight excluding hydrogens is 318 g/mol. The van der Waals surface area contributed by atoms with E-state index in [0.717, 1.165) is 19.3 Å². The maximum absolute atomic E-state index is 12.4. The normalized spacial score (nSPS) is 24.5. The standard InChI is InChI=1S/C17H22ClNO4/c1-10(2)13-6-4-11(3)8-16(13)23-17(20)14-7-5-12(19(21)22)9-15(14)18/h5,7,9-11,13,16H,4,6,8H2,1-3H3/t11-,13-,16+/m0/s1. The number of carbonyl (C=O) groups excluding carboxylic acids is 1. The van der Waals surface area contributed by atoms with E-state index in [1.165, 1.54) is 18.2 Å². The highest BCUT2D eigenvalue weighted by atomic mass is 35.5. The Hall–Kier alpha value is -1.62. The van der Waals surface area contributed by atoms with Crippen molar-refractivity contribution in [3.05, 3.63) is 38.9 Å². The van der Waals surface area contributed by atoms with Crippen LogP contribution in [0, 0.1) is 27.9 Å². The summed E-state index contributed by atoms with van der Waals surface area (Å²) >= 11 is 6.01. The summed E-state index contributed by atoms with van der Waals surface area (Å²) in [4.78, 5) is 22.6. The highest BCUT2D eigenvalue weighted by Crippen LogP contribution is 2.36. The number of esters is 1. The Morgan fingerprint density at radius 3 is 2.65 bits per heavy atom. The molecule has 1 saturated carbocycles. The van der Waals surface area contributed by atoms with Gasteiger partial charge in [0.2, 0.25) is 0 Å². The maximum atomic E-state index is 12.4. The SMILES string of the molecule is CC(C)[C@@H]1CC[C@H](C)C[C@H]1OC(=O)c1ccc([N+](=O)[O-])cc1Cl. The lowest BCUT2D eigenvalue weighted by Gasteiger charge is -2.36. The minimum atomic E-state index is -0.543. The fourth-order valence-electron chi connectivity index (χ4n) is 3.23. The van der Waals surface area contributed by atoms with Crippen molar-refractivity contribution < 1.29 is 14.5 Å². The van der Waals surface area contributed by atoms with Gasteiger partial charge >= 0.3 is 5.97 Å². The van der Waals surface area contributed by atoms with E-state index in [-0.39, 0.29) is 22.4 Å². The predicted molar refractivity (Wildman–Crippen MR) is 88.7 cm³/mol. The van der Waals surface area contributed by atoms with Crippen LogP contribution in [0.4, 0.5) is 5.69 Å². The van der Waals surface area contributed by atoms with Crippen molar-refractivity contribution in [1.29, 1.82) is 0 Å². The first-order valence-electron chi connectivity index (χ1n) is 7.94. The zero-order chi connectivity index (χ0) is 17.1. The van der Waals surface area contributed by atoms with E-state index >= 15 is 0 Å².